The van der Waals surface area contributed by atoms with Crippen LogP contribution in [-0.4, -0.2) is 18.7 Å². The van der Waals surface area contributed by atoms with Crippen LogP contribution in [0.4, 0.5) is 4.79 Å². The molecule has 0 amide bonds. The summed E-state index contributed by atoms with van der Waals surface area (Å²) in [4.78, 5) is 31.5. The summed E-state index contributed by atoms with van der Waals surface area (Å²) < 4.78 is 4.75. The second-order valence-corrected chi connectivity index (χ2v) is 5.48. The molecule has 0 N–H and O–H groups in total. The lowest BCUT2D eigenvalue weighted by Gasteiger charge is -2.05. The van der Waals surface area contributed by atoms with Crippen molar-refractivity contribution in [1.29, 1.82) is 0 Å². The Morgan fingerprint density at radius 3 is 2.25 bits per heavy atom. The summed E-state index contributed by atoms with van der Waals surface area (Å²) in [6.07, 6.45) is 6.07. The fourth-order valence-electron chi connectivity index (χ4n) is 2.02. The predicted octanol–water partition coefficient (Wildman–Crippen LogP) is 4.77. The second kappa shape index (κ2) is 12.4. The van der Waals surface area contributed by atoms with E-state index in [4.69, 9.17) is 4.74 Å². The van der Waals surface area contributed by atoms with Gasteiger partial charge in [0, 0.05) is 0 Å². The SMILES string of the molecule is CCCCCCOC(=O)OOOC(=O)c1ccc(CCCC)cc1. The number of carbonyl (C=O) groups excluding carboxylic acids is 2. The highest BCUT2D eigenvalue weighted by molar-refractivity contribution is 5.88. The standard InChI is InChI=1S/C18H26O6/c1-3-5-7-8-14-21-18(20)23-24-22-17(19)16-12-10-15(11-13-16)9-6-4-2/h10-13H,3-9,14H2,1-2H3. The van der Waals surface area contributed by atoms with E-state index in [0.717, 1.165) is 50.5 Å². The Kier molecular flexibility index (Phi) is 10.3. The molecule has 0 aliphatic carbocycles. The molecule has 1 aromatic carbocycles. The van der Waals surface area contributed by atoms with Crippen LogP contribution in [-0.2, 0) is 26.0 Å². The molecule has 1 aromatic rings. The van der Waals surface area contributed by atoms with Gasteiger partial charge in [0.2, 0.25) is 0 Å². The van der Waals surface area contributed by atoms with Crippen LogP contribution in [0.2, 0.25) is 0 Å². The van der Waals surface area contributed by atoms with Crippen molar-refractivity contribution in [3.63, 3.8) is 0 Å². The summed E-state index contributed by atoms with van der Waals surface area (Å²) in [6.45, 7) is 4.46. The Labute approximate surface area is 142 Å². The minimum absolute atomic E-state index is 0.245. The largest absolute Gasteiger partial charge is 0.543 e. The predicted molar refractivity (Wildman–Crippen MR) is 88.1 cm³/mol. The van der Waals surface area contributed by atoms with E-state index >= 15 is 0 Å². The summed E-state index contributed by atoms with van der Waals surface area (Å²) >= 11 is 0. The normalized spacial score (nSPS) is 10.2. The molecule has 0 aliphatic rings. The third kappa shape index (κ3) is 8.53. The highest BCUT2D eigenvalue weighted by Gasteiger charge is 2.12. The number of benzene rings is 1. The number of hydrogen-bond acceptors (Lipinski definition) is 6. The number of ether oxygens (including phenoxy) is 1. The average molecular weight is 338 g/mol. The summed E-state index contributed by atoms with van der Waals surface area (Å²) in [5.74, 6) is -0.743. The molecule has 0 aliphatic heterocycles. The molecule has 6 nitrogen and oxygen atoms in total. The van der Waals surface area contributed by atoms with Gasteiger partial charge in [-0.25, -0.2) is 14.5 Å². The first-order valence-corrected chi connectivity index (χ1v) is 8.48. The van der Waals surface area contributed by atoms with Gasteiger partial charge in [0.1, 0.15) is 0 Å². The Morgan fingerprint density at radius 1 is 0.875 bits per heavy atom. The Hall–Kier alpha value is -2.08. The Balaban J connectivity index is 2.19. The van der Waals surface area contributed by atoms with E-state index in [0.29, 0.717) is 5.56 Å². The van der Waals surface area contributed by atoms with Gasteiger partial charge in [-0.05, 0) is 37.0 Å². The van der Waals surface area contributed by atoms with Gasteiger partial charge in [0.05, 0.1) is 17.2 Å². The van der Waals surface area contributed by atoms with Gasteiger partial charge in [0.25, 0.3) is 0 Å². The molecule has 0 spiro atoms. The molecule has 0 aromatic heterocycles. The van der Waals surface area contributed by atoms with E-state index < -0.39 is 12.1 Å². The Morgan fingerprint density at radius 2 is 1.58 bits per heavy atom. The van der Waals surface area contributed by atoms with E-state index in [-0.39, 0.29) is 6.61 Å². The van der Waals surface area contributed by atoms with Crippen LogP contribution in [0.5, 0.6) is 0 Å². The minimum atomic E-state index is -1.03. The van der Waals surface area contributed by atoms with Crippen LogP contribution >= 0.6 is 0 Å². The van der Waals surface area contributed by atoms with E-state index in [2.05, 4.69) is 28.7 Å². The van der Waals surface area contributed by atoms with Gasteiger partial charge in [-0.2, -0.15) is 0 Å². The molecule has 1 rings (SSSR count). The van der Waals surface area contributed by atoms with Crippen LogP contribution in [0.25, 0.3) is 0 Å². The Bertz CT molecular complexity index is 483. The molecule has 0 fully saturated rings. The van der Waals surface area contributed by atoms with Crippen LogP contribution in [0.3, 0.4) is 0 Å². The van der Waals surface area contributed by atoms with E-state index in [1.165, 1.54) is 0 Å². The molecule has 0 saturated heterocycles. The monoisotopic (exact) mass is 338 g/mol. The minimum Gasteiger partial charge on any atom is -0.432 e. The highest BCUT2D eigenvalue weighted by Crippen LogP contribution is 2.09. The number of unbranched alkanes of at least 4 members (excludes halogenated alkanes) is 4. The molecular formula is C18H26O6. The zero-order chi connectivity index (χ0) is 17.6. The van der Waals surface area contributed by atoms with Crippen molar-refractivity contribution in [2.24, 2.45) is 0 Å². The summed E-state index contributed by atoms with van der Waals surface area (Å²) in [7, 11) is 0. The smallest absolute Gasteiger partial charge is 0.432 e. The molecular weight excluding hydrogens is 312 g/mol. The van der Waals surface area contributed by atoms with Crippen molar-refractivity contribution < 1.29 is 29.1 Å². The second-order valence-electron chi connectivity index (χ2n) is 5.48. The third-order valence-electron chi connectivity index (χ3n) is 3.44. The van der Waals surface area contributed by atoms with E-state index in [1.807, 2.05) is 12.1 Å². The number of aryl methyl sites for hydroxylation is 1. The molecule has 0 bridgehead atoms. The number of rotatable bonds is 11. The van der Waals surface area contributed by atoms with Gasteiger partial charge in [-0.15, -0.1) is 0 Å². The summed E-state index contributed by atoms with van der Waals surface area (Å²) in [6, 6.07) is 7.00. The van der Waals surface area contributed by atoms with Gasteiger partial charge in [0.15, 0.2) is 0 Å². The average Bonchev–Trinajstić information content (AvgIpc) is 2.60. The van der Waals surface area contributed by atoms with Gasteiger partial charge in [-0.1, -0.05) is 51.7 Å². The molecule has 0 heterocycles. The molecule has 134 valence electrons. The maximum absolute atomic E-state index is 11.7. The summed E-state index contributed by atoms with van der Waals surface area (Å²) in [5.41, 5.74) is 1.46. The molecule has 6 heteroatoms. The zero-order valence-corrected chi connectivity index (χ0v) is 14.4. The van der Waals surface area contributed by atoms with Gasteiger partial charge >= 0.3 is 12.1 Å². The molecule has 0 saturated carbocycles. The van der Waals surface area contributed by atoms with Gasteiger partial charge in [-0.3, -0.25) is 4.89 Å². The van der Waals surface area contributed by atoms with Crippen LogP contribution in [0.15, 0.2) is 24.3 Å². The van der Waals surface area contributed by atoms with Gasteiger partial charge < -0.3 is 4.74 Å². The third-order valence-corrected chi connectivity index (χ3v) is 3.44. The number of hydrogen-bond donors (Lipinski definition) is 0. The fourth-order valence-corrected chi connectivity index (χ4v) is 2.02. The lowest BCUT2D eigenvalue weighted by atomic mass is 10.1. The first-order valence-electron chi connectivity index (χ1n) is 8.48. The topological polar surface area (TPSA) is 71.1 Å². The fraction of sp³-hybridized carbons (Fsp3) is 0.556. The molecule has 0 radical (unpaired) electrons. The van der Waals surface area contributed by atoms with E-state index in [9.17, 15) is 9.59 Å². The maximum Gasteiger partial charge on any atom is 0.543 e. The van der Waals surface area contributed by atoms with Crippen molar-refractivity contribution in [2.75, 3.05) is 6.61 Å². The lowest BCUT2D eigenvalue weighted by molar-refractivity contribution is -0.452. The first-order chi connectivity index (χ1) is 11.7. The summed E-state index contributed by atoms with van der Waals surface area (Å²) in [5, 5.41) is 4.16. The van der Waals surface area contributed by atoms with Crippen molar-refractivity contribution in [2.45, 2.75) is 58.8 Å². The van der Waals surface area contributed by atoms with Crippen molar-refractivity contribution in [1.82, 2.24) is 0 Å². The van der Waals surface area contributed by atoms with Crippen molar-refractivity contribution in [3.8, 4) is 0 Å². The first kappa shape index (κ1) is 20.0. The molecule has 0 atom stereocenters. The quantitative estimate of drug-likeness (QED) is 0.250. The van der Waals surface area contributed by atoms with Crippen LogP contribution in [0.1, 0.15) is 68.3 Å². The van der Waals surface area contributed by atoms with Crippen molar-refractivity contribution in [3.05, 3.63) is 35.4 Å². The van der Waals surface area contributed by atoms with E-state index in [1.54, 1.807) is 12.1 Å². The highest BCUT2D eigenvalue weighted by atomic mass is 17.5. The van der Waals surface area contributed by atoms with Crippen LogP contribution in [0, 0.1) is 0 Å². The molecule has 0 unspecified atom stereocenters. The molecule has 24 heavy (non-hydrogen) atoms. The van der Waals surface area contributed by atoms with Crippen molar-refractivity contribution >= 4 is 12.1 Å². The number of carbonyl (C=O) groups is 2. The van der Waals surface area contributed by atoms with Crippen LogP contribution < -0.4 is 0 Å². The maximum atomic E-state index is 11.7. The lowest BCUT2D eigenvalue weighted by Crippen LogP contribution is -2.12. The zero-order valence-electron chi connectivity index (χ0n) is 14.4.